The highest BCUT2D eigenvalue weighted by Gasteiger charge is 2.08. The summed E-state index contributed by atoms with van der Waals surface area (Å²) in [5.74, 6) is 4.46. The van der Waals surface area contributed by atoms with Gasteiger partial charge < -0.3 is 10.6 Å². The molecule has 0 radical (unpaired) electrons. The van der Waals surface area contributed by atoms with Gasteiger partial charge in [-0.2, -0.15) is 5.90 Å². The maximum atomic E-state index is 10.7. The number of nitrogens with two attached hydrogens (primary N) is 2. The predicted molar refractivity (Wildman–Crippen MR) is 44.8 cm³/mol. The van der Waals surface area contributed by atoms with Crippen LogP contribution in [-0.4, -0.2) is 5.91 Å². The molecule has 0 aromatic heterocycles. The lowest BCUT2D eigenvalue weighted by Crippen LogP contribution is -2.14. The molecule has 64 valence electrons. The van der Waals surface area contributed by atoms with Gasteiger partial charge in [0.25, 0.3) is 5.91 Å². The summed E-state index contributed by atoms with van der Waals surface area (Å²) in [5.41, 5.74) is 5.23. The Labute approximate surface area is 74.0 Å². The summed E-state index contributed by atoms with van der Waals surface area (Å²) in [6.45, 7) is 0. The van der Waals surface area contributed by atoms with Crippen molar-refractivity contribution < 1.29 is 9.63 Å². The molecule has 0 fully saturated rings. The van der Waals surface area contributed by atoms with Gasteiger partial charge in [0.1, 0.15) is 0 Å². The minimum Gasteiger partial charge on any atom is -0.411 e. The lowest BCUT2D eigenvalue weighted by Gasteiger charge is -2.03. The molecule has 0 unspecified atom stereocenters. The van der Waals surface area contributed by atoms with Crippen molar-refractivity contribution >= 4 is 17.5 Å². The molecular weight excluding hydrogens is 180 g/mol. The first-order chi connectivity index (χ1) is 5.65. The first-order valence-electron chi connectivity index (χ1n) is 3.11. The lowest BCUT2D eigenvalue weighted by atomic mass is 10.2. The second-order valence-electron chi connectivity index (χ2n) is 2.12. The van der Waals surface area contributed by atoms with Crippen LogP contribution < -0.4 is 16.5 Å². The molecule has 0 aliphatic rings. The Morgan fingerprint density at radius 3 is 2.67 bits per heavy atom. The number of rotatable bonds is 2. The minimum atomic E-state index is -0.605. The van der Waals surface area contributed by atoms with E-state index < -0.39 is 5.91 Å². The average Bonchev–Trinajstić information content (AvgIpc) is 2.03. The fourth-order valence-corrected chi connectivity index (χ4v) is 0.959. The van der Waals surface area contributed by atoms with E-state index in [0.717, 1.165) is 0 Å². The van der Waals surface area contributed by atoms with E-state index in [1.165, 1.54) is 18.2 Å². The Bertz CT molecular complexity index is 314. The van der Waals surface area contributed by atoms with Crippen LogP contribution in [0.3, 0.4) is 0 Å². The van der Waals surface area contributed by atoms with Crippen LogP contribution in [0.25, 0.3) is 0 Å². The van der Waals surface area contributed by atoms with Crippen molar-refractivity contribution in [1.29, 1.82) is 0 Å². The number of halogens is 1. The number of carbonyl (C=O) groups is 1. The van der Waals surface area contributed by atoms with E-state index in [1.807, 2.05) is 0 Å². The molecule has 0 saturated carbocycles. The summed E-state index contributed by atoms with van der Waals surface area (Å²) in [6.07, 6.45) is 0. The highest BCUT2D eigenvalue weighted by molar-refractivity contribution is 6.30. The van der Waals surface area contributed by atoms with Gasteiger partial charge in [-0.05, 0) is 12.1 Å². The fourth-order valence-electron chi connectivity index (χ4n) is 0.797. The Morgan fingerprint density at radius 1 is 1.50 bits per heavy atom. The summed E-state index contributed by atoms with van der Waals surface area (Å²) >= 11 is 5.61. The molecule has 0 atom stereocenters. The maximum absolute atomic E-state index is 10.7. The Hall–Kier alpha value is -1.26. The van der Waals surface area contributed by atoms with E-state index in [4.69, 9.17) is 23.2 Å². The summed E-state index contributed by atoms with van der Waals surface area (Å²) in [7, 11) is 0. The van der Waals surface area contributed by atoms with Crippen molar-refractivity contribution in [2.24, 2.45) is 11.6 Å². The van der Waals surface area contributed by atoms with Gasteiger partial charge in [0.2, 0.25) is 0 Å². The largest absolute Gasteiger partial charge is 0.411 e. The van der Waals surface area contributed by atoms with E-state index in [2.05, 4.69) is 4.84 Å². The third kappa shape index (κ3) is 1.66. The second-order valence-corrected chi connectivity index (χ2v) is 2.56. The monoisotopic (exact) mass is 186 g/mol. The van der Waals surface area contributed by atoms with Crippen molar-refractivity contribution in [3.63, 3.8) is 0 Å². The standard InChI is InChI=1S/C7H7ClN2O2/c8-4-1-2-5(7(9)11)6(3-4)12-10/h1-3H,10H2,(H2,9,11). The molecule has 1 aromatic rings. The Balaban J connectivity index is 3.20. The fraction of sp³-hybridized carbons (Fsp3) is 0. The molecule has 1 amide bonds. The topological polar surface area (TPSA) is 78.3 Å². The highest BCUT2D eigenvalue weighted by atomic mass is 35.5. The molecule has 0 saturated heterocycles. The summed E-state index contributed by atoms with van der Waals surface area (Å²) in [4.78, 5) is 15.1. The second kappa shape index (κ2) is 3.42. The summed E-state index contributed by atoms with van der Waals surface area (Å²) in [5, 5.41) is 0.431. The molecule has 4 nitrogen and oxygen atoms in total. The zero-order valence-corrected chi connectivity index (χ0v) is 6.84. The lowest BCUT2D eigenvalue weighted by molar-refractivity contribution is 0.0996. The van der Waals surface area contributed by atoms with Crippen LogP contribution >= 0.6 is 11.6 Å². The van der Waals surface area contributed by atoms with Crippen LogP contribution in [0.1, 0.15) is 10.4 Å². The molecule has 12 heavy (non-hydrogen) atoms. The zero-order valence-electron chi connectivity index (χ0n) is 6.08. The molecule has 1 rings (SSSR count). The van der Waals surface area contributed by atoms with E-state index in [1.54, 1.807) is 0 Å². The molecule has 0 aliphatic heterocycles. The van der Waals surface area contributed by atoms with Gasteiger partial charge in [0, 0.05) is 11.1 Å². The first-order valence-corrected chi connectivity index (χ1v) is 3.49. The molecule has 0 spiro atoms. The third-order valence-corrected chi connectivity index (χ3v) is 1.57. The summed E-state index contributed by atoms with van der Waals surface area (Å²) < 4.78 is 0. The van der Waals surface area contributed by atoms with Crippen LogP contribution in [0.4, 0.5) is 0 Å². The maximum Gasteiger partial charge on any atom is 0.252 e. The van der Waals surface area contributed by atoms with Crippen LogP contribution in [0.5, 0.6) is 5.75 Å². The van der Waals surface area contributed by atoms with Gasteiger partial charge in [-0.1, -0.05) is 11.6 Å². The van der Waals surface area contributed by atoms with Gasteiger partial charge >= 0.3 is 0 Å². The van der Waals surface area contributed by atoms with Crippen LogP contribution in [-0.2, 0) is 0 Å². The average molecular weight is 187 g/mol. The SMILES string of the molecule is NOc1cc(Cl)ccc1C(N)=O. The molecule has 5 heteroatoms. The molecule has 0 heterocycles. The van der Waals surface area contributed by atoms with Crippen molar-refractivity contribution in [2.45, 2.75) is 0 Å². The normalized spacial score (nSPS) is 9.50. The number of amides is 1. The number of hydrogen-bond acceptors (Lipinski definition) is 3. The van der Waals surface area contributed by atoms with E-state index >= 15 is 0 Å². The van der Waals surface area contributed by atoms with Crippen LogP contribution in [0, 0.1) is 0 Å². The van der Waals surface area contributed by atoms with Gasteiger partial charge in [-0.3, -0.25) is 4.79 Å². The zero-order chi connectivity index (χ0) is 9.14. The molecular formula is C7H7ClN2O2. The number of benzene rings is 1. The summed E-state index contributed by atoms with van der Waals surface area (Å²) in [6, 6.07) is 4.40. The van der Waals surface area contributed by atoms with Gasteiger partial charge in [-0.25, -0.2) is 0 Å². The molecule has 0 bridgehead atoms. The van der Waals surface area contributed by atoms with Gasteiger partial charge in [-0.15, -0.1) is 0 Å². The quantitative estimate of drug-likeness (QED) is 0.667. The predicted octanol–water partition coefficient (Wildman–Crippen LogP) is 0.691. The van der Waals surface area contributed by atoms with E-state index in [-0.39, 0.29) is 11.3 Å². The number of primary amides is 1. The molecule has 1 aromatic carbocycles. The van der Waals surface area contributed by atoms with Crippen LogP contribution in [0.15, 0.2) is 18.2 Å². The third-order valence-electron chi connectivity index (χ3n) is 1.34. The minimum absolute atomic E-state index is 0.176. The van der Waals surface area contributed by atoms with Crippen molar-refractivity contribution in [3.8, 4) is 5.75 Å². The van der Waals surface area contributed by atoms with Crippen molar-refractivity contribution in [1.82, 2.24) is 0 Å². The van der Waals surface area contributed by atoms with Crippen molar-refractivity contribution in [2.75, 3.05) is 0 Å². The van der Waals surface area contributed by atoms with E-state index in [9.17, 15) is 4.79 Å². The molecule has 0 aliphatic carbocycles. The smallest absolute Gasteiger partial charge is 0.252 e. The van der Waals surface area contributed by atoms with E-state index in [0.29, 0.717) is 5.02 Å². The highest BCUT2D eigenvalue weighted by Crippen LogP contribution is 2.21. The van der Waals surface area contributed by atoms with Crippen LogP contribution in [0.2, 0.25) is 5.02 Å². The first kappa shape index (κ1) is 8.83. The number of hydrogen-bond donors (Lipinski definition) is 2. The van der Waals surface area contributed by atoms with Gasteiger partial charge in [0.05, 0.1) is 5.56 Å². The Morgan fingerprint density at radius 2 is 2.17 bits per heavy atom. The van der Waals surface area contributed by atoms with Crippen molar-refractivity contribution in [3.05, 3.63) is 28.8 Å². The van der Waals surface area contributed by atoms with Gasteiger partial charge in [0.15, 0.2) is 5.75 Å². The molecule has 4 N–H and O–H groups in total. The number of carbonyl (C=O) groups excluding carboxylic acids is 1. The Kier molecular flexibility index (Phi) is 2.52.